The number of aliphatic hydroxyl groups excluding tert-OH is 1. The molecular formula is C12H22N2O4S. The molecule has 2 saturated heterocycles. The smallest absolute Gasteiger partial charge is 0.211 e. The van der Waals surface area contributed by atoms with Crippen LogP contribution in [-0.4, -0.2) is 61.2 Å². The number of Topliss-reactive ketones (excluding diaryl/α,β-unsaturated/α-hetero) is 1. The molecule has 2 bridgehead atoms. The fraction of sp³-hybridized carbons (Fsp3) is 0.917. The summed E-state index contributed by atoms with van der Waals surface area (Å²) in [5.41, 5.74) is 0. The molecule has 3 atom stereocenters. The van der Waals surface area contributed by atoms with Crippen molar-refractivity contribution in [1.29, 1.82) is 0 Å². The molecule has 0 aromatic carbocycles. The molecule has 0 aromatic rings. The van der Waals surface area contributed by atoms with E-state index in [1.165, 1.54) is 0 Å². The van der Waals surface area contributed by atoms with Crippen molar-refractivity contribution in [1.82, 2.24) is 9.62 Å². The SMILES string of the molecule is CCS(=O)(=O)NCC(O)CN1C2CCC1CC(=O)C2. The first-order valence-corrected chi connectivity index (χ1v) is 8.49. The van der Waals surface area contributed by atoms with Gasteiger partial charge in [0.1, 0.15) is 5.78 Å². The van der Waals surface area contributed by atoms with Crippen LogP contribution < -0.4 is 4.72 Å². The molecular weight excluding hydrogens is 268 g/mol. The van der Waals surface area contributed by atoms with E-state index in [1.54, 1.807) is 6.92 Å². The van der Waals surface area contributed by atoms with Gasteiger partial charge in [0, 0.05) is 38.0 Å². The van der Waals surface area contributed by atoms with E-state index in [-0.39, 0.29) is 24.4 Å². The Labute approximate surface area is 114 Å². The maximum Gasteiger partial charge on any atom is 0.211 e. The van der Waals surface area contributed by atoms with Crippen LogP contribution in [0.25, 0.3) is 0 Å². The summed E-state index contributed by atoms with van der Waals surface area (Å²) in [6.07, 6.45) is 2.43. The van der Waals surface area contributed by atoms with E-state index in [0.717, 1.165) is 12.8 Å². The van der Waals surface area contributed by atoms with Crippen LogP contribution in [0.5, 0.6) is 0 Å². The van der Waals surface area contributed by atoms with E-state index in [2.05, 4.69) is 9.62 Å². The van der Waals surface area contributed by atoms with Gasteiger partial charge >= 0.3 is 0 Å². The van der Waals surface area contributed by atoms with Crippen molar-refractivity contribution in [2.45, 2.75) is 50.8 Å². The third-order valence-corrected chi connectivity index (χ3v) is 5.40. The lowest BCUT2D eigenvalue weighted by atomic mass is 10.0. The van der Waals surface area contributed by atoms with Gasteiger partial charge in [0.25, 0.3) is 0 Å². The molecule has 0 radical (unpaired) electrons. The van der Waals surface area contributed by atoms with Crippen LogP contribution >= 0.6 is 0 Å². The summed E-state index contributed by atoms with van der Waals surface area (Å²) in [5, 5.41) is 9.94. The van der Waals surface area contributed by atoms with Crippen LogP contribution in [0.15, 0.2) is 0 Å². The van der Waals surface area contributed by atoms with Crippen molar-refractivity contribution in [3.8, 4) is 0 Å². The second kappa shape index (κ2) is 5.87. The number of hydrogen-bond acceptors (Lipinski definition) is 5. The zero-order chi connectivity index (χ0) is 14.0. The molecule has 2 N–H and O–H groups in total. The lowest BCUT2D eigenvalue weighted by molar-refractivity contribution is -0.124. The first-order chi connectivity index (χ1) is 8.91. The Morgan fingerprint density at radius 1 is 1.37 bits per heavy atom. The van der Waals surface area contributed by atoms with Gasteiger partial charge in [0.2, 0.25) is 10.0 Å². The summed E-state index contributed by atoms with van der Waals surface area (Å²) in [6, 6.07) is 0.479. The Bertz CT molecular complexity index is 421. The number of sulfonamides is 1. The highest BCUT2D eigenvalue weighted by Crippen LogP contribution is 2.33. The molecule has 3 unspecified atom stereocenters. The molecule has 2 rings (SSSR count). The Hall–Kier alpha value is -0.500. The van der Waals surface area contributed by atoms with Crippen molar-refractivity contribution in [2.24, 2.45) is 0 Å². The standard InChI is InChI=1S/C12H22N2O4S/c1-2-19(17,18)13-7-12(16)8-14-9-3-4-10(14)6-11(15)5-9/h9-10,12-13,16H,2-8H2,1H3. The molecule has 0 saturated carbocycles. The summed E-state index contributed by atoms with van der Waals surface area (Å²) in [6.45, 7) is 2.04. The maximum absolute atomic E-state index is 11.5. The zero-order valence-corrected chi connectivity index (χ0v) is 12.0. The number of nitrogens with one attached hydrogen (secondary N) is 1. The topological polar surface area (TPSA) is 86.7 Å². The molecule has 2 heterocycles. The van der Waals surface area contributed by atoms with Gasteiger partial charge in [-0.1, -0.05) is 0 Å². The van der Waals surface area contributed by atoms with Crippen molar-refractivity contribution >= 4 is 15.8 Å². The molecule has 0 aromatic heterocycles. The van der Waals surface area contributed by atoms with Crippen molar-refractivity contribution in [3.05, 3.63) is 0 Å². The van der Waals surface area contributed by atoms with Crippen molar-refractivity contribution in [2.75, 3.05) is 18.8 Å². The molecule has 2 aliphatic heterocycles. The predicted octanol–water partition coefficient (Wildman–Crippen LogP) is -0.517. The van der Waals surface area contributed by atoms with E-state index in [0.29, 0.717) is 25.2 Å². The van der Waals surface area contributed by atoms with E-state index in [4.69, 9.17) is 0 Å². The summed E-state index contributed by atoms with van der Waals surface area (Å²) in [5.74, 6) is 0.327. The minimum Gasteiger partial charge on any atom is -0.390 e. The van der Waals surface area contributed by atoms with Gasteiger partial charge in [0.05, 0.1) is 11.9 Å². The molecule has 2 aliphatic rings. The number of rotatable bonds is 6. The Morgan fingerprint density at radius 3 is 2.47 bits per heavy atom. The summed E-state index contributed by atoms with van der Waals surface area (Å²) in [7, 11) is -3.26. The van der Waals surface area contributed by atoms with E-state index < -0.39 is 16.1 Å². The second-order valence-corrected chi connectivity index (χ2v) is 7.53. The number of nitrogens with zero attached hydrogens (tertiary/aromatic N) is 1. The quantitative estimate of drug-likeness (QED) is 0.687. The van der Waals surface area contributed by atoms with Gasteiger partial charge in [-0.15, -0.1) is 0 Å². The number of piperidine rings is 1. The van der Waals surface area contributed by atoms with Crippen molar-refractivity contribution in [3.63, 3.8) is 0 Å². The normalized spacial score (nSPS) is 29.7. The number of carbonyl (C=O) groups excluding carboxylic acids is 1. The fourth-order valence-corrected chi connectivity index (χ4v) is 3.64. The van der Waals surface area contributed by atoms with Gasteiger partial charge in [-0.25, -0.2) is 13.1 Å². The number of carbonyl (C=O) groups is 1. The molecule has 2 fully saturated rings. The number of ketones is 1. The van der Waals surface area contributed by atoms with E-state index >= 15 is 0 Å². The number of fused-ring (bicyclic) bond motifs is 2. The zero-order valence-electron chi connectivity index (χ0n) is 11.2. The number of hydrogen-bond donors (Lipinski definition) is 2. The minimum absolute atomic E-state index is 0.0170. The Kier molecular flexibility index (Phi) is 4.60. The summed E-state index contributed by atoms with van der Waals surface area (Å²) < 4.78 is 25.0. The molecule has 0 aliphatic carbocycles. The first kappa shape index (κ1) is 14.9. The van der Waals surface area contributed by atoms with Crippen LogP contribution in [0.1, 0.15) is 32.6 Å². The second-order valence-electron chi connectivity index (χ2n) is 5.43. The monoisotopic (exact) mass is 290 g/mol. The highest BCUT2D eigenvalue weighted by molar-refractivity contribution is 7.89. The predicted molar refractivity (Wildman–Crippen MR) is 71.2 cm³/mol. The molecule has 19 heavy (non-hydrogen) atoms. The number of aliphatic hydroxyl groups is 1. The summed E-state index contributed by atoms with van der Waals surface area (Å²) in [4.78, 5) is 13.6. The third kappa shape index (κ3) is 3.75. The maximum atomic E-state index is 11.5. The van der Waals surface area contributed by atoms with Gasteiger partial charge < -0.3 is 5.11 Å². The van der Waals surface area contributed by atoms with Crippen LogP contribution in [0, 0.1) is 0 Å². The van der Waals surface area contributed by atoms with Gasteiger partial charge in [-0.3, -0.25) is 9.69 Å². The van der Waals surface area contributed by atoms with Crippen LogP contribution in [0.2, 0.25) is 0 Å². The largest absolute Gasteiger partial charge is 0.390 e. The van der Waals surface area contributed by atoms with Crippen LogP contribution in [-0.2, 0) is 14.8 Å². The minimum atomic E-state index is -3.26. The lowest BCUT2D eigenvalue weighted by Crippen LogP contribution is -2.48. The highest BCUT2D eigenvalue weighted by atomic mass is 32.2. The van der Waals surface area contributed by atoms with E-state index in [9.17, 15) is 18.3 Å². The van der Waals surface area contributed by atoms with Gasteiger partial charge in [0.15, 0.2) is 0 Å². The Morgan fingerprint density at radius 2 is 1.95 bits per heavy atom. The lowest BCUT2D eigenvalue weighted by Gasteiger charge is -2.35. The molecule has 0 amide bonds. The highest BCUT2D eigenvalue weighted by Gasteiger charge is 2.40. The first-order valence-electron chi connectivity index (χ1n) is 6.84. The van der Waals surface area contributed by atoms with Crippen molar-refractivity contribution < 1.29 is 18.3 Å². The Balaban J connectivity index is 1.83. The van der Waals surface area contributed by atoms with Crippen LogP contribution in [0.4, 0.5) is 0 Å². The average Bonchev–Trinajstić information content (AvgIpc) is 2.60. The van der Waals surface area contributed by atoms with E-state index in [1.807, 2.05) is 0 Å². The third-order valence-electron chi connectivity index (χ3n) is 4.04. The average molecular weight is 290 g/mol. The van der Waals surface area contributed by atoms with Gasteiger partial charge in [-0.2, -0.15) is 0 Å². The molecule has 6 nitrogen and oxygen atoms in total. The van der Waals surface area contributed by atoms with Gasteiger partial charge in [-0.05, 0) is 19.8 Å². The molecule has 7 heteroatoms. The summed E-state index contributed by atoms with van der Waals surface area (Å²) >= 11 is 0. The molecule has 0 spiro atoms. The molecule has 110 valence electrons. The van der Waals surface area contributed by atoms with Crippen LogP contribution in [0.3, 0.4) is 0 Å². The fourth-order valence-electron chi connectivity index (χ4n) is 2.99.